The number of carbonyl (C=O) groups excluding carboxylic acids is 1. The van der Waals surface area contributed by atoms with Gasteiger partial charge in [-0.3, -0.25) is 4.79 Å². The summed E-state index contributed by atoms with van der Waals surface area (Å²) in [5, 5.41) is 7.01. The Hall–Kier alpha value is -2.01. The lowest BCUT2D eigenvalue weighted by molar-refractivity contribution is -0.121. The molecule has 1 N–H and O–H groups in total. The van der Waals surface area contributed by atoms with Crippen molar-refractivity contribution in [2.45, 2.75) is 39.7 Å². The van der Waals surface area contributed by atoms with Gasteiger partial charge in [-0.25, -0.2) is 0 Å². The van der Waals surface area contributed by atoms with Crippen molar-refractivity contribution < 1.29 is 14.3 Å². The summed E-state index contributed by atoms with van der Waals surface area (Å²) in [5.41, 5.74) is 2.04. The van der Waals surface area contributed by atoms with Crippen LogP contribution in [-0.4, -0.2) is 19.6 Å². The van der Waals surface area contributed by atoms with Gasteiger partial charge in [0.15, 0.2) is 11.5 Å². The van der Waals surface area contributed by atoms with Crippen molar-refractivity contribution in [3.05, 3.63) is 46.2 Å². The fourth-order valence-electron chi connectivity index (χ4n) is 2.43. The van der Waals surface area contributed by atoms with E-state index in [0.29, 0.717) is 24.7 Å². The average molecular weight is 362 g/mol. The second kappa shape index (κ2) is 9.47. The van der Waals surface area contributed by atoms with Crippen LogP contribution in [0.4, 0.5) is 0 Å². The summed E-state index contributed by atoms with van der Waals surface area (Å²) in [5.74, 6) is 2.05. The van der Waals surface area contributed by atoms with Crippen molar-refractivity contribution in [2.75, 3.05) is 13.7 Å². The number of amides is 1. The largest absolute Gasteiger partial charge is 0.493 e. The highest BCUT2D eigenvalue weighted by molar-refractivity contribution is 7.08. The Labute approximate surface area is 154 Å². The Balaban J connectivity index is 1.97. The van der Waals surface area contributed by atoms with Crippen molar-refractivity contribution in [1.29, 1.82) is 0 Å². The Morgan fingerprint density at radius 1 is 1.20 bits per heavy atom. The number of hydrogen-bond donors (Lipinski definition) is 1. The molecule has 4 nitrogen and oxygen atoms in total. The fourth-order valence-corrected chi connectivity index (χ4v) is 3.10. The SMILES string of the molecule is COc1cc(C(C)NC(=O)Cc2ccsc2)ccc1OCCC(C)C. The maximum atomic E-state index is 12.2. The lowest BCUT2D eigenvalue weighted by atomic mass is 10.1. The second-order valence-corrected chi connectivity index (χ2v) is 7.32. The molecule has 136 valence electrons. The highest BCUT2D eigenvalue weighted by Gasteiger charge is 2.13. The molecule has 0 aliphatic carbocycles. The molecule has 0 aliphatic heterocycles. The Kier molecular flexibility index (Phi) is 7.31. The normalized spacial score (nSPS) is 12.0. The zero-order chi connectivity index (χ0) is 18.2. The third-order valence-corrected chi connectivity index (χ3v) is 4.69. The van der Waals surface area contributed by atoms with Crippen LogP contribution in [-0.2, 0) is 11.2 Å². The summed E-state index contributed by atoms with van der Waals surface area (Å²) >= 11 is 1.60. The minimum absolute atomic E-state index is 0.0159. The molecule has 0 bridgehead atoms. The van der Waals surface area contributed by atoms with Gasteiger partial charge < -0.3 is 14.8 Å². The summed E-state index contributed by atoms with van der Waals surface area (Å²) in [4.78, 5) is 12.2. The van der Waals surface area contributed by atoms with E-state index in [4.69, 9.17) is 9.47 Å². The Morgan fingerprint density at radius 3 is 2.64 bits per heavy atom. The summed E-state index contributed by atoms with van der Waals surface area (Å²) < 4.78 is 11.3. The molecule has 0 aliphatic rings. The Bertz CT molecular complexity index is 668. The average Bonchev–Trinajstić information content (AvgIpc) is 3.07. The molecule has 0 fully saturated rings. The summed E-state index contributed by atoms with van der Waals surface area (Å²) in [6.07, 6.45) is 1.40. The molecule has 25 heavy (non-hydrogen) atoms. The van der Waals surface area contributed by atoms with Crippen molar-refractivity contribution in [3.8, 4) is 11.5 Å². The highest BCUT2D eigenvalue weighted by Crippen LogP contribution is 2.30. The van der Waals surface area contributed by atoms with Crippen LogP contribution in [0.25, 0.3) is 0 Å². The van der Waals surface area contributed by atoms with Crippen molar-refractivity contribution in [3.63, 3.8) is 0 Å². The van der Waals surface area contributed by atoms with E-state index in [1.807, 2.05) is 41.9 Å². The molecule has 1 atom stereocenters. The standard InChI is InChI=1S/C20H27NO3S/c1-14(2)7-9-24-18-6-5-17(12-19(18)23-4)15(3)21-20(22)11-16-8-10-25-13-16/h5-6,8,10,12-15H,7,9,11H2,1-4H3,(H,21,22). The Morgan fingerprint density at radius 2 is 2.00 bits per heavy atom. The van der Waals surface area contributed by atoms with E-state index >= 15 is 0 Å². The van der Waals surface area contributed by atoms with Gasteiger partial charge in [-0.1, -0.05) is 19.9 Å². The van der Waals surface area contributed by atoms with Crippen LogP contribution in [0.1, 0.15) is 44.4 Å². The number of methoxy groups -OCH3 is 1. The van der Waals surface area contributed by atoms with Crippen molar-refractivity contribution >= 4 is 17.2 Å². The number of nitrogens with one attached hydrogen (secondary N) is 1. The minimum atomic E-state index is -0.0928. The topological polar surface area (TPSA) is 47.6 Å². The van der Waals surface area contributed by atoms with Gasteiger partial charge in [0, 0.05) is 0 Å². The molecule has 1 amide bonds. The number of carbonyl (C=O) groups is 1. The zero-order valence-electron chi connectivity index (χ0n) is 15.4. The van der Waals surface area contributed by atoms with Crippen LogP contribution < -0.4 is 14.8 Å². The first-order chi connectivity index (χ1) is 12.0. The molecule has 1 aromatic heterocycles. The third kappa shape index (κ3) is 6.09. The van der Waals surface area contributed by atoms with Gasteiger partial charge in [-0.2, -0.15) is 11.3 Å². The van der Waals surface area contributed by atoms with E-state index in [1.165, 1.54) is 0 Å². The number of rotatable bonds is 9. The predicted molar refractivity (Wildman–Crippen MR) is 103 cm³/mol. The van der Waals surface area contributed by atoms with E-state index < -0.39 is 0 Å². The molecule has 1 unspecified atom stereocenters. The van der Waals surface area contributed by atoms with Crippen LogP contribution >= 0.6 is 11.3 Å². The van der Waals surface area contributed by atoms with Crippen LogP contribution in [0.3, 0.4) is 0 Å². The van der Waals surface area contributed by atoms with E-state index in [-0.39, 0.29) is 11.9 Å². The summed E-state index contributed by atoms with van der Waals surface area (Å²) in [6.45, 7) is 6.98. The van der Waals surface area contributed by atoms with Crippen LogP contribution in [0.2, 0.25) is 0 Å². The van der Waals surface area contributed by atoms with Gasteiger partial charge in [0.2, 0.25) is 5.91 Å². The monoisotopic (exact) mass is 361 g/mol. The molecule has 0 spiro atoms. The van der Waals surface area contributed by atoms with Crippen molar-refractivity contribution in [1.82, 2.24) is 5.32 Å². The van der Waals surface area contributed by atoms with E-state index in [1.54, 1.807) is 18.4 Å². The molecule has 1 aromatic carbocycles. The first-order valence-corrected chi connectivity index (χ1v) is 9.55. The smallest absolute Gasteiger partial charge is 0.224 e. The highest BCUT2D eigenvalue weighted by atomic mass is 32.1. The predicted octanol–water partition coefficient (Wildman–Crippen LogP) is 4.60. The van der Waals surface area contributed by atoms with Crippen LogP contribution in [0, 0.1) is 5.92 Å². The van der Waals surface area contributed by atoms with Crippen LogP contribution in [0.15, 0.2) is 35.0 Å². The number of benzene rings is 1. The lowest BCUT2D eigenvalue weighted by Gasteiger charge is -2.17. The second-order valence-electron chi connectivity index (χ2n) is 6.54. The van der Waals surface area contributed by atoms with Gasteiger partial charge in [0.25, 0.3) is 0 Å². The van der Waals surface area contributed by atoms with Gasteiger partial charge in [0.1, 0.15) is 0 Å². The first-order valence-electron chi connectivity index (χ1n) is 8.60. The fraction of sp³-hybridized carbons (Fsp3) is 0.450. The van der Waals surface area contributed by atoms with Crippen LogP contribution in [0.5, 0.6) is 11.5 Å². The molecular formula is C20H27NO3S. The summed E-state index contributed by atoms with van der Waals surface area (Å²) in [7, 11) is 1.63. The van der Waals surface area contributed by atoms with Gasteiger partial charge in [-0.05, 0) is 59.3 Å². The molecule has 2 aromatic rings. The van der Waals surface area contributed by atoms with Gasteiger partial charge >= 0.3 is 0 Å². The van der Waals surface area contributed by atoms with E-state index in [0.717, 1.165) is 23.3 Å². The third-order valence-electron chi connectivity index (χ3n) is 3.96. The maximum absolute atomic E-state index is 12.2. The first kappa shape index (κ1) is 19.3. The number of thiophene rings is 1. The molecule has 1 heterocycles. The van der Waals surface area contributed by atoms with Crippen molar-refractivity contribution in [2.24, 2.45) is 5.92 Å². The summed E-state index contributed by atoms with van der Waals surface area (Å²) in [6, 6.07) is 7.70. The number of hydrogen-bond acceptors (Lipinski definition) is 4. The molecule has 0 radical (unpaired) electrons. The van der Waals surface area contributed by atoms with E-state index in [9.17, 15) is 4.79 Å². The zero-order valence-corrected chi connectivity index (χ0v) is 16.2. The molecule has 0 saturated carbocycles. The van der Waals surface area contributed by atoms with Gasteiger partial charge in [0.05, 0.1) is 26.2 Å². The molecule has 0 saturated heterocycles. The molecule has 5 heteroatoms. The maximum Gasteiger partial charge on any atom is 0.224 e. The lowest BCUT2D eigenvalue weighted by Crippen LogP contribution is -2.28. The quantitative estimate of drug-likeness (QED) is 0.710. The van der Waals surface area contributed by atoms with E-state index in [2.05, 4.69) is 19.2 Å². The number of ether oxygens (including phenoxy) is 2. The molecular weight excluding hydrogens is 334 g/mol. The van der Waals surface area contributed by atoms with Gasteiger partial charge in [-0.15, -0.1) is 0 Å². The molecule has 2 rings (SSSR count). The minimum Gasteiger partial charge on any atom is -0.493 e.